The highest BCUT2D eigenvalue weighted by molar-refractivity contribution is 5.82. The van der Waals surface area contributed by atoms with Crippen molar-refractivity contribution in [3.63, 3.8) is 0 Å². The number of nitrogens with two attached hydrogens (primary N) is 1. The van der Waals surface area contributed by atoms with Crippen molar-refractivity contribution in [1.29, 1.82) is 0 Å². The van der Waals surface area contributed by atoms with E-state index in [2.05, 4.69) is 28.5 Å². The van der Waals surface area contributed by atoms with Gasteiger partial charge < -0.3 is 14.2 Å². The van der Waals surface area contributed by atoms with Crippen LogP contribution in [0, 0.1) is 17.3 Å². The number of likely N-dealkylation sites (tertiary alicyclic amines) is 1. The van der Waals surface area contributed by atoms with Crippen LogP contribution in [0.2, 0.25) is 0 Å². The molecule has 170 valence electrons. The lowest BCUT2D eigenvalue weighted by Gasteiger charge is -2.71. The van der Waals surface area contributed by atoms with E-state index < -0.39 is 11.5 Å². The molecule has 7 nitrogen and oxygen atoms in total. The minimum atomic E-state index is -0.854. The minimum Gasteiger partial charge on any atom is -0.493 e. The molecule has 2 saturated carbocycles. The number of fused-ring (bicyclic) bond motifs is 1. The number of amides is 1. The molecule has 7 aliphatic rings. The van der Waals surface area contributed by atoms with Crippen LogP contribution in [0.25, 0.3) is 0 Å². The van der Waals surface area contributed by atoms with E-state index in [0.29, 0.717) is 6.04 Å². The zero-order chi connectivity index (χ0) is 21.9. The summed E-state index contributed by atoms with van der Waals surface area (Å²) < 4.78 is 18.8. The van der Waals surface area contributed by atoms with E-state index in [9.17, 15) is 4.79 Å². The summed E-state index contributed by atoms with van der Waals surface area (Å²) in [4.78, 5) is 15.8. The first kappa shape index (κ1) is 19.4. The van der Waals surface area contributed by atoms with Crippen LogP contribution in [0.3, 0.4) is 0 Å². The van der Waals surface area contributed by atoms with Crippen LogP contribution >= 0.6 is 0 Å². The maximum Gasteiger partial charge on any atom is 0.240 e. The van der Waals surface area contributed by atoms with Gasteiger partial charge >= 0.3 is 0 Å². The van der Waals surface area contributed by atoms with Crippen molar-refractivity contribution in [3.8, 4) is 11.5 Å². The zero-order valence-corrected chi connectivity index (χ0v) is 18.7. The molecule has 1 saturated heterocycles. The van der Waals surface area contributed by atoms with Gasteiger partial charge in [0.05, 0.1) is 18.4 Å². The molecule has 1 amide bonds. The van der Waals surface area contributed by atoms with E-state index in [1.165, 1.54) is 24.0 Å². The van der Waals surface area contributed by atoms with E-state index in [1.54, 1.807) is 14.2 Å². The summed E-state index contributed by atoms with van der Waals surface area (Å²) in [7, 11) is 3.40. The van der Waals surface area contributed by atoms with Crippen molar-refractivity contribution in [2.75, 3.05) is 27.3 Å². The first-order chi connectivity index (χ1) is 15.5. The molecule has 2 spiro atoms. The molecule has 7 heteroatoms. The van der Waals surface area contributed by atoms with Crippen molar-refractivity contribution in [2.24, 2.45) is 23.1 Å². The van der Waals surface area contributed by atoms with E-state index in [0.717, 1.165) is 49.8 Å². The fourth-order valence-electron chi connectivity index (χ4n) is 8.33. The topological polar surface area (TPSA) is 86.0 Å². The monoisotopic (exact) mass is 437 g/mol. The van der Waals surface area contributed by atoms with Crippen LogP contribution in [0.4, 0.5) is 0 Å². The van der Waals surface area contributed by atoms with Crippen LogP contribution in [-0.2, 0) is 21.4 Å². The van der Waals surface area contributed by atoms with Crippen LogP contribution in [0.15, 0.2) is 24.3 Å². The summed E-state index contributed by atoms with van der Waals surface area (Å²) in [6.45, 7) is 2.21. The Balaban J connectivity index is 1.50. The van der Waals surface area contributed by atoms with Crippen LogP contribution in [0.1, 0.15) is 36.8 Å². The van der Waals surface area contributed by atoms with Crippen molar-refractivity contribution in [2.45, 2.75) is 55.3 Å². The number of benzene rings is 1. The Morgan fingerprint density at radius 1 is 1.31 bits per heavy atom. The molecule has 2 heterocycles. The Labute approximate surface area is 188 Å². The second-order valence-corrected chi connectivity index (χ2v) is 10.7. The third-order valence-corrected chi connectivity index (χ3v) is 9.77. The zero-order valence-electron chi connectivity index (χ0n) is 18.7. The predicted octanol–water partition coefficient (Wildman–Crippen LogP) is 1.69. The summed E-state index contributed by atoms with van der Waals surface area (Å²) >= 11 is 0. The van der Waals surface area contributed by atoms with Crippen molar-refractivity contribution in [1.82, 2.24) is 10.3 Å². The molecule has 5 aliphatic carbocycles. The van der Waals surface area contributed by atoms with Crippen LogP contribution in [-0.4, -0.2) is 55.9 Å². The second kappa shape index (κ2) is 6.07. The van der Waals surface area contributed by atoms with Gasteiger partial charge in [-0.25, -0.2) is 5.84 Å². The number of carbonyl (C=O) groups is 1. The molecule has 1 aromatic carbocycles. The number of nitrogens with zero attached hydrogens (tertiary/aromatic N) is 1. The second-order valence-electron chi connectivity index (χ2n) is 10.7. The minimum absolute atomic E-state index is 0.172. The van der Waals surface area contributed by atoms with E-state index in [4.69, 9.17) is 20.1 Å². The third-order valence-electron chi connectivity index (χ3n) is 9.77. The molecule has 0 radical (unpaired) electrons. The van der Waals surface area contributed by atoms with Gasteiger partial charge in [0.2, 0.25) is 5.91 Å². The molecule has 8 rings (SSSR count). The smallest absolute Gasteiger partial charge is 0.240 e. The average Bonchev–Trinajstić information content (AvgIpc) is 3.57. The van der Waals surface area contributed by atoms with E-state index in [-0.39, 0.29) is 22.8 Å². The van der Waals surface area contributed by atoms with Gasteiger partial charge in [-0.2, -0.15) is 0 Å². The van der Waals surface area contributed by atoms with Crippen LogP contribution in [0.5, 0.6) is 11.5 Å². The number of ether oxygens (including phenoxy) is 3. The summed E-state index contributed by atoms with van der Waals surface area (Å²) in [6, 6.07) is 4.62. The predicted molar refractivity (Wildman–Crippen MR) is 117 cm³/mol. The molecular formula is C25H31N3O4. The number of piperidine rings is 1. The molecule has 2 unspecified atom stereocenters. The lowest BCUT2D eigenvalue weighted by molar-refractivity contribution is -0.215. The maximum atomic E-state index is 13.1. The Bertz CT molecular complexity index is 1050. The summed E-state index contributed by atoms with van der Waals surface area (Å²) in [5.41, 5.74) is 3.84. The van der Waals surface area contributed by atoms with E-state index >= 15 is 0 Å². The Morgan fingerprint density at radius 3 is 2.88 bits per heavy atom. The van der Waals surface area contributed by atoms with Crippen LogP contribution < -0.4 is 20.7 Å². The number of hydrogen-bond donors (Lipinski definition) is 2. The quantitative estimate of drug-likeness (QED) is 0.316. The summed E-state index contributed by atoms with van der Waals surface area (Å²) in [6.07, 6.45) is 9.63. The van der Waals surface area contributed by atoms with Gasteiger partial charge in [-0.15, -0.1) is 0 Å². The molecule has 3 N–H and O–H groups in total. The number of hydrazine groups is 1. The third kappa shape index (κ3) is 1.95. The van der Waals surface area contributed by atoms with Gasteiger partial charge in [-0.05, 0) is 56.2 Å². The van der Waals surface area contributed by atoms with Gasteiger partial charge in [0.1, 0.15) is 11.7 Å². The van der Waals surface area contributed by atoms with Crippen molar-refractivity contribution in [3.05, 3.63) is 35.4 Å². The Hall–Kier alpha value is -2.09. The molecular weight excluding hydrogens is 406 g/mol. The highest BCUT2D eigenvalue weighted by atomic mass is 16.6. The standard InChI is InChI=1S/C25H31N3O4/c1-30-17-6-5-15-11-18-23-7-8-25(31-2,16(12-23)21(29)27-26)22-24(23,19(15)20(17)32-22)9-10-28(18)13-14-3-4-14/h5-8,14,16,18,22H,3-4,9-13,26H2,1-2H3,(H,27,29)/t16-,18+,22?,23-,24+,25?/m1/s1. The highest BCUT2D eigenvalue weighted by Gasteiger charge is 2.80. The first-order valence-corrected chi connectivity index (χ1v) is 11.9. The Kier molecular flexibility index (Phi) is 3.68. The van der Waals surface area contributed by atoms with Crippen molar-refractivity contribution < 1.29 is 19.0 Å². The highest BCUT2D eigenvalue weighted by Crippen LogP contribution is 2.74. The lowest BCUT2D eigenvalue weighted by Crippen LogP contribution is -2.80. The fourth-order valence-corrected chi connectivity index (χ4v) is 8.33. The summed E-state index contributed by atoms with van der Waals surface area (Å²) in [5.74, 6) is 7.55. The Morgan fingerprint density at radius 2 is 2.16 bits per heavy atom. The molecule has 4 bridgehead atoms. The van der Waals surface area contributed by atoms with Crippen molar-refractivity contribution >= 4 is 5.91 Å². The molecule has 3 fully saturated rings. The summed E-state index contributed by atoms with van der Waals surface area (Å²) in [5, 5.41) is 0. The molecule has 2 aliphatic heterocycles. The maximum absolute atomic E-state index is 13.1. The van der Waals surface area contributed by atoms with Gasteiger partial charge in [-0.3, -0.25) is 15.1 Å². The van der Waals surface area contributed by atoms with Gasteiger partial charge in [-0.1, -0.05) is 18.2 Å². The number of methoxy groups -OCH3 is 2. The number of rotatable bonds is 5. The SMILES string of the molecule is COc1ccc2c3c1OC1C4(OC)C=C[C@@]5(C[C@@H]4C(=O)NN)[C@H](C2)N(CC2CC2)CC[C@]315. The number of carbonyl (C=O) groups excluding carboxylic acids is 1. The fraction of sp³-hybridized carbons (Fsp3) is 0.640. The largest absolute Gasteiger partial charge is 0.493 e. The van der Waals surface area contributed by atoms with Gasteiger partial charge in [0.15, 0.2) is 11.5 Å². The lowest BCUT2D eigenvalue weighted by atomic mass is 9.37. The van der Waals surface area contributed by atoms with Gasteiger partial charge in [0, 0.05) is 30.7 Å². The molecule has 1 aromatic rings. The van der Waals surface area contributed by atoms with Gasteiger partial charge in [0.25, 0.3) is 0 Å². The number of nitrogens with one attached hydrogen (secondary N) is 1. The normalized spacial score (nSPS) is 42.4. The molecule has 32 heavy (non-hydrogen) atoms. The first-order valence-electron chi connectivity index (χ1n) is 11.9. The average molecular weight is 438 g/mol. The molecule has 6 atom stereocenters. The number of hydrogen-bond acceptors (Lipinski definition) is 6. The molecule has 0 aromatic heterocycles. The van der Waals surface area contributed by atoms with E-state index in [1.807, 2.05) is 6.07 Å².